The van der Waals surface area contributed by atoms with Gasteiger partial charge in [0, 0.05) is 5.56 Å². The molecule has 0 spiro atoms. The van der Waals surface area contributed by atoms with Gasteiger partial charge in [-0.2, -0.15) is 0 Å². The highest BCUT2D eigenvalue weighted by atomic mass is 32.1. The fraction of sp³-hybridized carbons (Fsp3) is 0.417. The number of hydrogen-bond donors (Lipinski definition) is 1. The molecule has 30 heavy (non-hydrogen) atoms. The number of carbonyl (C=O) groups excluding carboxylic acids is 1. The van der Waals surface area contributed by atoms with E-state index in [0.717, 1.165) is 64.9 Å². The summed E-state index contributed by atoms with van der Waals surface area (Å²) in [5, 5.41) is 0.788. The van der Waals surface area contributed by atoms with Gasteiger partial charge < -0.3 is 9.64 Å². The molecule has 1 aliphatic rings. The fourth-order valence-corrected chi connectivity index (χ4v) is 5.30. The second kappa shape index (κ2) is 8.84. The van der Waals surface area contributed by atoms with Crippen LogP contribution < -0.4 is 9.80 Å². The summed E-state index contributed by atoms with van der Waals surface area (Å²) in [5.74, 6) is 0.0357. The van der Waals surface area contributed by atoms with E-state index >= 15 is 0 Å². The molecule has 6 heteroatoms. The Bertz CT molecular complexity index is 1070. The summed E-state index contributed by atoms with van der Waals surface area (Å²) in [6.45, 7) is 13.4. The monoisotopic (exact) mass is 424 g/mol. The predicted molar refractivity (Wildman–Crippen MR) is 123 cm³/mol. The average Bonchev–Trinajstić information content (AvgIpc) is 3.13. The highest BCUT2D eigenvalue weighted by Gasteiger charge is 2.25. The molecule has 1 amide bonds. The van der Waals surface area contributed by atoms with Gasteiger partial charge >= 0.3 is 0 Å². The van der Waals surface area contributed by atoms with Crippen LogP contribution in [0.1, 0.15) is 32.6 Å². The normalized spacial score (nSPS) is 14.9. The zero-order valence-corrected chi connectivity index (χ0v) is 19.1. The number of thiazole rings is 1. The first-order chi connectivity index (χ1) is 14.4. The molecule has 1 fully saturated rings. The Kier molecular flexibility index (Phi) is 6.18. The number of anilines is 1. The van der Waals surface area contributed by atoms with E-state index in [-0.39, 0.29) is 5.91 Å². The van der Waals surface area contributed by atoms with Gasteiger partial charge in [0.1, 0.15) is 13.1 Å². The van der Waals surface area contributed by atoms with E-state index in [0.29, 0.717) is 6.54 Å². The van der Waals surface area contributed by atoms with Crippen LogP contribution in [0.15, 0.2) is 30.3 Å². The van der Waals surface area contributed by atoms with E-state index in [4.69, 9.17) is 9.72 Å². The van der Waals surface area contributed by atoms with Crippen molar-refractivity contribution < 1.29 is 14.4 Å². The molecule has 0 atom stereocenters. The van der Waals surface area contributed by atoms with Gasteiger partial charge in [-0.05, 0) is 56.5 Å². The van der Waals surface area contributed by atoms with Crippen LogP contribution >= 0.6 is 11.3 Å². The zero-order valence-electron chi connectivity index (χ0n) is 18.2. The Morgan fingerprint density at radius 3 is 2.53 bits per heavy atom. The van der Waals surface area contributed by atoms with E-state index in [2.05, 4.69) is 39.0 Å². The van der Waals surface area contributed by atoms with Crippen LogP contribution in [-0.2, 0) is 4.74 Å². The van der Waals surface area contributed by atoms with Crippen molar-refractivity contribution in [1.82, 2.24) is 4.98 Å². The quantitative estimate of drug-likeness (QED) is 0.685. The minimum atomic E-state index is 0.0357. The zero-order chi connectivity index (χ0) is 21.3. The Labute approximate surface area is 182 Å². The molecule has 0 aliphatic carbocycles. The van der Waals surface area contributed by atoms with Crippen LogP contribution in [0.2, 0.25) is 0 Å². The van der Waals surface area contributed by atoms with Crippen LogP contribution in [0.3, 0.4) is 0 Å². The first-order valence-electron chi connectivity index (χ1n) is 10.6. The molecule has 0 saturated carbocycles. The molecule has 2 aromatic carbocycles. The summed E-state index contributed by atoms with van der Waals surface area (Å²) in [7, 11) is 0. The molecule has 5 nitrogen and oxygen atoms in total. The van der Waals surface area contributed by atoms with Crippen molar-refractivity contribution in [2.45, 2.75) is 27.7 Å². The van der Waals surface area contributed by atoms with Gasteiger partial charge in [0.2, 0.25) is 0 Å². The lowest BCUT2D eigenvalue weighted by molar-refractivity contribution is -0.906. The Morgan fingerprint density at radius 2 is 1.80 bits per heavy atom. The standard InChI is InChI=1S/C24H29N3O2S/c1-16-5-6-20(18(3)13-16)23(28)27(8-7-26-9-11-29-12-10-26)24-25-22-19(4)14-17(2)15-21(22)30-24/h5-6,13-15H,7-12H2,1-4H3/p+1. The van der Waals surface area contributed by atoms with Gasteiger partial charge in [0.05, 0.1) is 36.5 Å². The summed E-state index contributed by atoms with van der Waals surface area (Å²) >= 11 is 1.61. The third-order valence-electron chi connectivity index (χ3n) is 5.80. The maximum absolute atomic E-state index is 13.6. The predicted octanol–water partition coefficient (Wildman–Crippen LogP) is 3.09. The number of quaternary nitrogens is 1. The third kappa shape index (κ3) is 4.41. The van der Waals surface area contributed by atoms with Gasteiger partial charge in [-0.25, -0.2) is 4.98 Å². The van der Waals surface area contributed by atoms with Gasteiger partial charge in [0.15, 0.2) is 5.13 Å². The highest BCUT2D eigenvalue weighted by molar-refractivity contribution is 7.22. The number of morpholine rings is 1. The molecule has 1 saturated heterocycles. The van der Waals surface area contributed by atoms with Gasteiger partial charge in [-0.1, -0.05) is 35.1 Å². The van der Waals surface area contributed by atoms with Gasteiger partial charge in [0.25, 0.3) is 5.91 Å². The summed E-state index contributed by atoms with van der Waals surface area (Å²) in [6.07, 6.45) is 0. The maximum atomic E-state index is 13.6. The minimum absolute atomic E-state index is 0.0357. The van der Waals surface area contributed by atoms with Crippen molar-refractivity contribution in [2.24, 2.45) is 0 Å². The lowest BCUT2D eigenvalue weighted by Gasteiger charge is -2.27. The van der Waals surface area contributed by atoms with Gasteiger partial charge in [-0.3, -0.25) is 9.69 Å². The minimum Gasteiger partial charge on any atom is -0.370 e. The second-order valence-electron chi connectivity index (χ2n) is 8.31. The van der Waals surface area contributed by atoms with E-state index in [9.17, 15) is 4.79 Å². The molecule has 0 unspecified atom stereocenters. The van der Waals surface area contributed by atoms with Crippen molar-refractivity contribution in [3.05, 3.63) is 58.1 Å². The van der Waals surface area contributed by atoms with E-state index in [1.54, 1.807) is 11.3 Å². The van der Waals surface area contributed by atoms with E-state index in [1.807, 2.05) is 24.0 Å². The molecule has 1 aromatic heterocycles. The molecule has 158 valence electrons. The van der Waals surface area contributed by atoms with Crippen molar-refractivity contribution in [3.8, 4) is 0 Å². The number of carbonyl (C=O) groups is 1. The lowest BCUT2D eigenvalue weighted by atomic mass is 10.0. The van der Waals surface area contributed by atoms with Gasteiger partial charge in [-0.15, -0.1) is 0 Å². The highest BCUT2D eigenvalue weighted by Crippen LogP contribution is 2.32. The molecule has 2 heterocycles. The van der Waals surface area contributed by atoms with Crippen LogP contribution in [0, 0.1) is 27.7 Å². The number of amides is 1. The molecular weight excluding hydrogens is 394 g/mol. The number of rotatable bonds is 5. The first-order valence-corrected chi connectivity index (χ1v) is 11.4. The van der Waals surface area contributed by atoms with Crippen LogP contribution in [-0.4, -0.2) is 50.3 Å². The van der Waals surface area contributed by atoms with Crippen molar-refractivity contribution in [1.29, 1.82) is 0 Å². The molecular formula is C24H30N3O2S+. The number of aromatic nitrogens is 1. The topological polar surface area (TPSA) is 46.9 Å². The van der Waals surface area contributed by atoms with Crippen molar-refractivity contribution in [3.63, 3.8) is 0 Å². The molecule has 3 aromatic rings. The van der Waals surface area contributed by atoms with E-state index in [1.165, 1.54) is 16.0 Å². The molecule has 1 aliphatic heterocycles. The van der Waals surface area contributed by atoms with Crippen molar-refractivity contribution in [2.75, 3.05) is 44.3 Å². The largest absolute Gasteiger partial charge is 0.370 e. The third-order valence-corrected chi connectivity index (χ3v) is 6.82. The Hall–Kier alpha value is -2.28. The smallest absolute Gasteiger partial charge is 0.260 e. The number of fused-ring (bicyclic) bond motifs is 1. The number of aryl methyl sites for hydroxylation is 4. The molecule has 0 radical (unpaired) electrons. The summed E-state index contributed by atoms with van der Waals surface area (Å²) in [4.78, 5) is 21.9. The average molecular weight is 425 g/mol. The maximum Gasteiger partial charge on any atom is 0.260 e. The Balaban J connectivity index is 1.69. The molecule has 1 N–H and O–H groups in total. The number of nitrogens with zero attached hydrogens (tertiary/aromatic N) is 2. The number of nitrogens with one attached hydrogen (secondary N) is 1. The first kappa shape index (κ1) is 21.0. The Morgan fingerprint density at radius 1 is 1.07 bits per heavy atom. The van der Waals surface area contributed by atoms with Crippen LogP contribution in [0.5, 0.6) is 0 Å². The summed E-state index contributed by atoms with van der Waals surface area (Å²) in [6, 6.07) is 10.4. The number of ether oxygens (including phenoxy) is 1. The fourth-order valence-electron chi connectivity index (χ4n) is 4.14. The number of benzene rings is 2. The lowest BCUT2D eigenvalue weighted by Crippen LogP contribution is -3.14. The summed E-state index contributed by atoms with van der Waals surface area (Å²) < 4.78 is 6.63. The van der Waals surface area contributed by atoms with Crippen LogP contribution in [0.4, 0.5) is 5.13 Å². The van der Waals surface area contributed by atoms with E-state index < -0.39 is 0 Å². The second-order valence-corrected chi connectivity index (χ2v) is 9.32. The number of hydrogen-bond acceptors (Lipinski definition) is 4. The van der Waals surface area contributed by atoms with Crippen LogP contribution in [0.25, 0.3) is 10.2 Å². The molecule has 4 rings (SSSR count). The SMILES string of the molecule is Cc1ccc(C(=O)N(CC[NH+]2CCOCC2)c2nc3c(C)cc(C)cc3s2)c(C)c1. The summed E-state index contributed by atoms with van der Waals surface area (Å²) in [5.41, 5.74) is 6.31. The molecule has 0 bridgehead atoms. The van der Waals surface area contributed by atoms with Crippen molar-refractivity contribution >= 4 is 32.6 Å².